The van der Waals surface area contributed by atoms with Gasteiger partial charge in [0.05, 0.1) is 15.6 Å². The van der Waals surface area contributed by atoms with Gasteiger partial charge in [0.2, 0.25) is 5.78 Å². The molecule has 0 atom stereocenters. The molecule has 1 aromatic heterocycles. The number of carbonyl (C=O) groups excluding carboxylic acids is 1. The highest BCUT2D eigenvalue weighted by Crippen LogP contribution is 2.29. The number of halogens is 3. The van der Waals surface area contributed by atoms with Crippen LogP contribution in [0.2, 0.25) is 10.0 Å². The number of hydrogen-bond acceptors (Lipinski definition) is 2. The van der Waals surface area contributed by atoms with Gasteiger partial charge < -0.3 is 4.42 Å². The molecule has 0 amide bonds. The Morgan fingerprint density at radius 2 is 1.75 bits per heavy atom. The van der Waals surface area contributed by atoms with E-state index in [0.29, 0.717) is 16.0 Å². The number of carbonyl (C=O) groups is 1. The van der Waals surface area contributed by atoms with Crippen LogP contribution in [0, 0.1) is 5.82 Å². The van der Waals surface area contributed by atoms with Crippen molar-refractivity contribution in [1.82, 2.24) is 0 Å². The van der Waals surface area contributed by atoms with Crippen LogP contribution in [0.25, 0.3) is 11.0 Å². The number of fused-ring (bicyclic) bond motifs is 1. The number of benzene rings is 2. The summed E-state index contributed by atoms with van der Waals surface area (Å²) >= 11 is 11.9. The van der Waals surface area contributed by atoms with E-state index in [4.69, 9.17) is 27.6 Å². The summed E-state index contributed by atoms with van der Waals surface area (Å²) in [5.74, 6) is -1.30. The second kappa shape index (κ2) is 4.93. The summed E-state index contributed by atoms with van der Waals surface area (Å²) in [6.45, 7) is 0. The van der Waals surface area contributed by atoms with Crippen molar-refractivity contribution in [2.24, 2.45) is 0 Å². The first-order chi connectivity index (χ1) is 9.58. The molecule has 0 fully saturated rings. The molecule has 100 valence electrons. The summed E-state index contributed by atoms with van der Waals surface area (Å²) in [6.07, 6.45) is 0. The fourth-order valence-electron chi connectivity index (χ4n) is 1.98. The van der Waals surface area contributed by atoms with Gasteiger partial charge in [-0.3, -0.25) is 4.79 Å². The Morgan fingerprint density at radius 1 is 1.05 bits per heavy atom. The molecule has 0 spiro atoms. The molecular weight excluding hydrogens is 302 g/mol. The molecular formula is C15H7Cl2FO2. The maximum Gasteiger partial charge on any atom is 0.232 e. The molecule has 2 aromatic carbocycles. The van der Waals surface area contributed by atoms with E-state index in [1.54, 1.807) is 18.2 Å². The average Bonchev–Trinajstić information content (AvgIpc) is 2.84. The minimum atomic E-state index is -0.686. The van der Waals surface area contributed by atoms with Gasteiger partial charge >= 0.3 is 0 Å². The Balaban J connectivity index is 2.16. The molecule has 0 aliphatic rings. The molecule has 20 heavy (non-hydrogen) atoms. The second-order valence-corrected chi connectivity index (χ2v) is 5.01. The molecule has 5 heteroatoms. The second-order valence-electron chi connectivity index (χ2n) is 4.19. The molecule has 0 aliphatic heterocycles. The zero-order valence-corrected chi connectivity index (χ0v) is 11.5. The van der Waals surface area contributed by atoms with Crippen molar-refractivity contribution in [3.05, 3.63) is 69.7 Å². The van der Waals surface area contributed by atoms with Gasteiger partial charge in [-0.1, -0.05) is 41.4 Å². The third-order valence-electron chi connectivity index (χ3n) is 2.91. The molecule has 1 heterocycles. The van der Waals surface area contributed by atoms with Gasteiger partial charge in [-0.2, -0.15) is 0 Å². The third-order valence-corrected chi connectivity index (χ3v) is 3.52. The minimum absolute atomic E-state index is 0.0000926. The van der Waals surface area contributed by atoms with Crippen LogP contribution in [-0.2, 0) is 0 Å². The van der Waals surface area contributed by atoms with Gasteiger partial charge in [-0.15, -0.1) is 0 Å². The Labute approximate surface area is 123 Å². The lowest BCUT2D eigenvalue weighted by Gasteiger charge is -2.02. The first-order valence-corrected chi connectivity index (χ1v) is 6.50. The van der Waals surface area contributed by atoms with Crippen LogP contribution in [0.3, 0.4) is 0 Å². The predicted molar refractivity (Wildman–Crippen MR) is 76.1 cm³/mol. The first-order valence-electron chi connectivity index (χ1n) is 5.74. The summed E-state index contributed by atoms with van der Waals surface area (Å²) < 4.78 is 19.2. The topological polar surface area (TPSA) is 30.2 Å². The van der Waals surface area contributed by atoms with Crippen LogP contribution in [0.5, 0.6) is 0 Å². The average molecular weight is 309 g/mol. The molecule has 0 N–H and O–H groups in total. The van der Waals surface area contributed by atoms with Crippen LogP contribution in [0.1, 0.15) is 16.1 Å². The van der Waals surface area contributed by atoms with Crippen LogP contribution in [-0.4, -0.2) is 5.78 Å². The summed E-state index contributed by atoms with van der Waals surface area (Å²) in [6, 6.07) is 10.7. The fraction of sp³-hybridized carbons (Fsp3) is 0. The molecule has 0 unspecified atom stereocenters. The van der Waals surface area contributed by atoms with E-state index in [-0.39, 0.29) is 16.3 Å². The van der Waals surface area contributed by atoms with E-state index in [9.17, 15) is 9.18 Å². The Hall–Kier alpha value is -1.84. The predicted octanol–water partition coefficient (Wildman–Crippen LogP) is 5.11. The molecule has 0 bridgehead atoms. The number of para-hydroxylation sites is 1. The Bertz CT molecular complexity index is 804. The van der Waals surface area contributed by atoms with E-state index in [2.05, 4.69) is 0 Å². The van der Waals surface area contributed by atoms with Crippen molar-refractivity contribution in [3.8, 4) is 0 Å². The maximum absolute atomic E-state index is 13.7. The van der Waals surface area contributed by atoms with Crippen LogP contribution < -0.4 is 0 Å². The quantitative estimate of drug-likeness (QED) is 0.616. The van der Waals surface area contributed by atoms with Gasteiger partial charge in [0.15, 0.2) is 11.3 Å². The number of furan rings is 1. The van der Waals surface area contributed by atoms with E-state index < -0.39 is 11.6 Å². The van der Waals surface area contributed by atoms with Crippen LogP contribution in [0.15, 0.2) is 46.9 Å². The third kappa shape index (κ3) is 2.09. The molecule has 0 saturated carbocycles. The molecule has 2 nitrogen and oxygen atoms in total. The largest absolute Gasteiger partial charge is 0.451 e. The Morgan fingerprint density at radius 3 is 2.45 bits per heavy atom. The maximum atomic E-state index is 13.7. The highest BCUT2D eigenvalue weighted by Gasteiger charge is 2.21. The van der Waals surface area contributed by atoms with Crippen LogP contribution >= 0.6 is 23.2 Å². The first kappa shape index (κ1) is 13.2. The summed E-state index contributed by atoms with van der Waals surface area (Å²) in [4.78, 5) is 12.3. The standard InChI is InChI=1S/C15H7Cl2FO2/c16-9-4-2-6-11(18)13(9)14(19)12-7-8-3-1-5-10(17)15(8)20-12/h1-7H. The van der Waals surface area contributed by atoms with Gasteiger partial charge in [0, 0.05) is 5.39 Å². The normalized spacial score (nSPS) is 10.9. The van der Waals surface area contributed by atoms with Crippen molar-refractivity contribution in [3.63, 3.8) is 0 Å². The van der Waals surface area contributed by atoms with Crippen molar-refractivity contribution >= 4 is 40.0 Å². The fourth-order valence-corrected chi connectivity index (χ4v) is 2.45. The molecule has 3 aromatic rings. The monoisotopic (exact) mass is 308 g/mol. The lowest BCUT2D eigenvalue weighted by Crippen LogP contribution is -2.03. The zero-order chi connectivity index (χ0) is 14.3. The van der Waals surface area contributed by atoms with Gasteiger partial charge in [-0.05, 0) is 24.3 Å². The highest BCUT2D eigenvalue weighted by atomic mass is 35.5. The van der Waals surface area contributed by atoms with Crippen molar-refractivity contribution < 1.29 is 13.6 Å². The lowest BCUT2D eigenvalue weighted by molar-refractivity contribution is 0.101. The Kier molecular flexibility index (Phi) is 3.24. The summed E-state index contributed by atoms with van der Waals surface area (Å²) in [7, 11) is 0. The zero-order valence-electron chi connectivity index (χ0n) is 9.99. The molecule has 0 saturated heterocycles. The minimum Gasteiger partial charge on any atom is -0.451 e. The van der Waals surface area contributed by atoms with Gasteiger partial charge in [0.25, 0.3) is 0 Å². The van der Waals surface area contributed by atoms with Crippen molar-refractivity contribution in [2.45, 2.75) is 0 Å². The van der Waals surface area contributed by atoms with E-state index in [0.717, 1.165) is 0 Å². The number of hydrogen-bond donors (Lipinski definition) is 0. The van der Waals surface area contributed by atoms with Gasteiger partial charge in [0.1, 0.15) is 5.82 Å². The van der Waals surface area contributed by atoms with E-state index >= 15 is 0 Å². The van der Waals surface area contributed by atoms with E-state index in [1.165, 1.54) is 24.3 Å². The molecule has 0 aliphatic carbocycles. The lowest BCUT2D eigenvalue weighted by atomic mass is 10.1. The number of ketones is 1. The summed E-state index contributed by atoms with van der Waals surface area (Å²) in [5.41, 5.74) is 0.189. The number of rotatable bonds is 2. The van der Waals surface area contributed by atoms with Crippen molar-refractivity contribution in [1.29, 1.82) is 0 Å². The smallest absolute Gasteiger partial charge is 0.232 e. The SMILES string of the molecule is O=C(c1cc2cccc(Cl)c2o1)c1c(F)cccc1Cl. The van der Waals surface area contributed by atoms with E-state index in [1.807, 2.05) is 0 Å². The molecule has 0 radical (unpaired) electrons. The highest BCUT2D eigenvalue weighted by molar-refractivity contribution is 6.36. The van der Waals surface area contributed by atoms with Gasteiger partial charge in [-0.25, -0.2) is 4.39 Å². The van der Waals surface area contributed by atoms with Crippen LogP contribution in [0.4, 0.5) is 4.39 Å². The summed E-state index contributed by atoms with van der Waals surface area (Å²) in [5, 5.41) is 1.11. The van der Waals surface area contributed by atoms with Crippen molar-refractivity contribution in [2.75, 3.05) is 0 Å². The molecule has 3 rings (SSSR count).